The minimum absolute atomic E-state index is 0.167. The van der Waals surface area contributed by atoms with E-state index in [2.05, 4.69) is 29.5 Å². The van der Waals surface area contributed by atoms with E-state index in [4.69, 9.17) is 11.6 Å². The molecule has 4 nitrogen and oxygen atoms in total. The van der Waals surface area contributed by atoms with Crippen molar-refractivity contribution in [3.63, 3.8) is 0 Å². The summed E-state index contributed by atoms with van der Waals surface area (Å²) in [7, 11) is 0. The predicted molar refractivity (Wildman–Crippen MR) is 67.0 cm³/mol. The van der Waals surface area contributed by atoms with Crippen LogP contribution in [-0.4, -0.2) is 32.0 Å². The first-order valence-electron chi connectivity index (χ1n) is 5.31. The Labute approximate surface area is 105 Å². The highest BCUT2D eigenvalue weighted by Crippen LogP contribution is 2.24. The monoisotopic (exact) mass is 264 g/mol. The molecule has 16 heavy (non-hydrogen) atoms. The second-order valence-corrected chi connectivity index (χ2v) is 4.41. The van der Waals surface area contributed by atoms with Crippen molar-refractivity contribution in [2.75, 3.05) is 5.75 Å². The molecule has 0 bridgehead atoms. The van der Waals surface area contributed by atoms with Crippen molar-refractivity contribution in [3.05, 3.63) is 16.7 Å². The van der Waals surface area contributed by atoms with Gasteiger partial charge >= 0.3 is 0 Å². The van der Waals surface area contributed by atoms with Gasteiger partial charge < -0.3 is 15.2 Å². The topological polar surface area (TPSA) is 69.1 Å². The van der Waals surface area contributed by atoms with Crippen molar-refractivity contribution in [3.8, 4) is 0 Å². The van der Waals surface area contributed by atoms with E-state index in [1.165, 1.54) is 0 Å². The standard InChI is InChI=1S/C10H17ClN2O2S/c1-2-3-4-7-12-8(10(11)13-7)9(15)6(14)5-16/h6,9,14-16H,2-5H2,1H3,(H,12,13). The van der Waals surface area contributed by atoms with Crippen LogP contribution in [0.5, 0.6) is 0 Å². The quantitative estimate of drug-likeness (QED) is 0.592. The summed E-state index contributed by atoms with van der Waals surface area (Å²) in [6.45, 7) is 2.09. The third-order valence-corrected chi connectivity index (χ3v) is 3.01. The number of rotatable bonds is 6. The van der Waals surface area contributed by atoms with Crippen LogP contribution >= 0.6 is 24.2 Å². The molecule has 2 atom stereocenters. The highest BCUT2D eigenvalue weighted by atomic mass is 35.5. The van der Waals surface area contributed by atoms with Gasteiger partial charge in [0, 0.05) is 12.2 Å². The van der Waals surface area contributed by atoms with Gasteiger partial charge in [0.15, 0.2) is 5.15 Å². The van der Waals surface area contributed by atoms with Crippen molar-refractivity contribution in [2.24, 2.45) is 0 Å². The maximum Gasteiger partial charge on any atom is 0.153 e. The molecule has 0 aliphatic heterocycles. The third-order valence-electron chi connectivity index (χ3n) is 2.35. The number of nitrogens with zero attached hydrogens (tertiary/aromatic N) is 1. The number of aromatic amines is 1. The molecule has 1 heterocycles. The summed E-state index contributed by atoms with van der Waals surface area (Å²) in [6.07, 6.45) is 0.859. The smallest absolute Gasteiger partial charge is 0.153 e. The van der Waals surface area contributed by atoms with Gasteiger partial charge in [-0.3, -0.25) is 0 Å². The molecule has 0 spiro atoms. The Kier molecular flexibility index (Phi) is 5.61. The van der Waals surface area contributed by atoms with E-state index in [0.717, 1.165) is 25.1 Å². The lowest BCUT2D eigenvalue weighted by Crippen LogP contribution is -2.20. The summed E-state index contributed by atoms with van der Waals surface area (Å²) in [5.41, 5.74) is 0.370. The summed E-state index contributed by atoms with van der Waals surface area (Å²) in [4.78, 5) is 7.04. The second-order valence-electron chi connectivity index (χ2n) is 3.69. The number of aliphatic hydroxyl groups is 2. The zero-order valence-electron chi connectivity index (χ0n) is 9.15. The van der Waals surface area contributed by atoms with Gasteiger partial charge in [-0.05, 0) is 6.42 Å². The minimum Gasteiger partial charge on any atom is -0.389 e. The van der Waals surface area contributed by atoms with E-state index in [1.807, 2.05) is 0 Å². The molecule has 0 radical (unpaired) electrons. The highest BCUT2D eigenvalue weighted by molar-refractivity contribution is 7.80. The van der Waals surface area contributed by atoms with E-state index in [-0.39, 0.29) is 10.9 Å². The first-order valence-corrected chi connectivity index (χ1v) is 6.32. The van der Waals surface area contributed by atoms with Gasteiger partial charge in [0.05, 0.1) is 11.8 Å². The van der Waals surface area contributed by atoms with Crippen molar-refractivity contribution in [1.29, 1.82) is 0 Å². The maximum absolute atomic E-state index is 9.75. The number of nitrogens with one attached hydrogen (secondary N) is 1. The van der Waals surface area contributed by atoms with Gasteiger partial charge in [0.25, 0.3) is 0 Å². The molecule has 1 aromatic rings. The number of aryl methyl sites for hydroxylation is 1. The van der Waals surface area contributed by atoms with Crippen LogP contribution in [0.25, 0.3) is 0 Å². The van der Waals surface area contributed by atoms with Gasteiger partial charge in [-0.1, -0.05) is 24.9 Å². The van der Waals surface area contributed by atoms with Gasteiger partial charge in [-0.15, -0.1) is 0 Å². The number of imidazole rings is 1. The van der Waals surface area contributed by atoms with Gasteiger partial charge in [-0.25, -0.2) is 4.98 Å². The zero-order chi connectivity index (χ0) is 12.1. The van der Waals surface area contributed by atoms with Crippen molar-refractivity contribution in [2.45, 2.75) is 38.4 Å². The van der Waals surface area contributed by atoms with Crippen LogP contribution in [0.2, 0.25) is 5.15 Å². The predicted octanol–water partition coefficient (Wildman–Crippen LogP) is 1.73. The Balaban J connectivity index is 2.76. The zero-order valence-corrected chi connectivity index (χ0v) is 10.8. The number of hydrogen-bond acceptors (Lipinski definition) is 4. The summed E-state index contributed by atoms with van der Waals surface area (Å²) < 4.78 is 0. The molecule has 1 aromatic heterocycles. The molecule has 0 aromatic carbocycles. The second kappa shape index (κ2) is 6.49. The molecular weight excluding hydrogens is 248 g/mol. The molecule has 0 saturated heterocycles. The molecule has 2 unspecified atom stereocenters. The molecule has 92 valence electrons. The first kappa shape index (κ1) is 13.8. The van der Waals surface area contributed by atoms with Crippen LogP contribution in [0.4, 0.5) is 0 Å². The Hall–Kier alpha value is -0.230. The number of aromatic nitrogens is 2. The van der Waals surface area contributed by atoms with Gasteiger partial charge in [0.2, 0.25) is 0 Å². The first-order chi connectivity index (χ1) is 7.60. The number of hydrogen-bond donors (Lipinski definition) is 4. The fourth-order valence-electron chi connectivity index (χ4n) is 1.36. The highest BCUT2D eigenvalue weighted by Gasteiger charge is 2.22. The average Bonchev–Trinajstić information content (AvgIpc) is 2.65. The van der Waals surface area contributed by atoms with Crippen molar-refractivity contribution >= 4 is 24.2 Å². The van der Waals surface area contributed by atoms with Crippen LogP contribution in [0, 0.1) is 0 Å². The molecule has 0 fully saturated rings. The van der Waals surface area contributed by atoms with E-state index in [9.17, 15) is 10.2 Å². The summed E-state index contributed by atoms with van der Waals surface area (Å²) in [5, 5.41) is 19.4. The lowest BCUT2D eigenvalue weighted by Gasteiger charge is -2.14. The van der Waals surface area contributed by atoms with Crippen LogP contribution in [0.15, 0.2) is 0 Å². The van der Waals surface area contributed by atoms with Crippen LogP contribution < -0.4 is 0 Å². The number of aliphatic hydroxyl groups excluding tert-OH is 2. The largest absolute Gasteiger partial charge is 0.389 e. The Morgan fingerprint density at radius 3 is 2.75 bits per heavy atom. The van der Waals surface area contributed by atoms with E-state index >= 15 is 0 Å². The van der Waals surface area contributed by atoms with Crippen LogP contribution in [-0.2, 0) is 6.42 Å². The molecule has 0 saturated carbocycles. The number of unbranched alkanes of at least 4 members (excludes halogenated alkanes) is 1. The molecule has 1 rings (SSSR count). The maximum atomic E-state index is 9.75. The van der Waals surface area contributed by atoms with E-state index in [1.54, 1.807) is 0 Å². The SMILES string of the molecule is CCCCc1nc(Cl)c(C(O)C(O)CS)[nH]1. The van der Waals surface area contributed by atoms with Crippen molar-refractivity contribution < 1.29 is 10.2 Å². The van der Waals surface area contributed by atoms with E-state index < -0.39 is 12.2 Å². The Bertz CT molecular complexity index is 333. The van der Waals surface area contributed by atoms with Crippen LogP contribution in [0.3, 0.4) is 0 Å². The fraction of sp³-hybridized carbons (Fsp3) is 0.700. The molecule has 3 N–H and O–H groups in total. The molecule has 0 aliphatic carbocycles. The van der Waals surface area contributed by atoms with Crippen LogP contribution in [0.1, 0.15) is 37.4 Å². The van der Waals surface area contributed by atoms with Crippen molar-refractivity contribution in [1.82, 2.24) is 9.97 Å². The fourth-order valence-corrected chi connectivity index (χ4v) is 1.83. The molecule has 6 heteroatoms. The van der Waals surface area contributed by atoms with Gasteiger partial charge in [-0.2, -0.15) is 12.6 Å². The molecule has 0 amide bonds. The Morgan fingerprint density at radius 1 is 1.50 bits per heavy atom. The third kappa shape index (κ3) is 3.38. The summed E-state index contributed by atoms with van der Waals surface area (Å²) in [6, 6.07) is 0. The lowest BCUT2D eigenvalue weighted by atomic mass is 10.2. The van der Waals surface area contributed by atoms with Gasteiger partial charge in [0.1, 0.15) is 11.9 Å². The number of thiol groups is 1. The minimum atomic E-state index is -1.06. The average molecular weight is 265 g/mol. The molecule has 0 aliphatic rings. The summed E-state index contributed by atoms with van der Waals surface area (Å²) in [5.74, 6) is 0.910. The Morgan fingerprint density at radius 2 is 2.19 bits per heavy atom. The molecular formula is C10H17ClN2O2S. The normalized spacial score (nSPS) is 15.1. The van der Waals surface area contributed by atoms with E-state index in [0.29, 0.717) is 5.69 Å². The number of halogens is 1. The lowest BCUT2D eigenvalue weighted by molar-refractivity contribution is 0.0313. The summed E-state index contributed by atoms with van der Waals surface area (Å²) >= 11 is 9.80. The number of H-pyrrole nitrogens is 1.